The highest BCUT2D eigenvalue weighted by molar-refractivity contribution is 6.01. The highest BCUT2D eigenvalue weighted by Gasteiger charge is 2.21. The number of hydrogen-bond acceptors (Lipinski definition) is 7. The zero-order chi connectivity index (χ0) is 22.9. The van der Waals surface area contributed by atoms with Crippen molar-refractivity contribution in [1.82, 2.24) is 9.88 Å². The number of carbonyl (C=O) groups is 2. The van der Waals surface area contributed by atoms with Crippen molar-refractivity contribution in [3.05, 3.63) is 58.8 Å². The molecule has 0 saturated carbocycles. The monoisotopic (exact) mass is 434 g/mol. The molecule has 3 N–H and O–H groups in total. The fraction of sp³-hybridized carbons (Fsp3) is 0.348. The number of piperazine rings is 1. The minimum atomic E-state index is -0.563. The van der Waals surface area contributed by atoms with Crippen molar-refractivity contribution in [2.45, 2.75) is 12.8 Å². The van der Waals surface area contributed by atoms with Crippen molar-refractivity contribution in [3.8, 4) is 6.07 Å². The number of rotatable bonds is 9. The number of nitrogens with one attached hydrogen (secondary N) is 1. The van der Waals surface area contributed by atoms with Gasteiger partial charge in [0.1, 0.15) is 11.9 Å². The number of nitrogens with two attached hydrogens (primary N) is 1. The maximum Gasteiger partial charge on any atom is 0.249 e. The summed E-state index contributed by atoms with van der Waals surface area (Å²) in [6.07, 6.45) is 3.51. The number of nitrogens with zero attached hydrogens (tertiary/aromatic N) is 4. The molecule has 1 saturated heterocycles. The Hall–Kier alpha value is -3.77. The van der Waals surface area contributed by atoms with Gasteiger partial charge in [0.05, 0.1) is 25.2 Å². The number of amides is 2. The fourth-order valence-electron chi connectivity index (χ4n) is 3.64. The van der Waals surface area contributed by atoms with E-state index in [-0.39, 0.29) is 5.91 Å². The lowest BCUT2D eigenvalue weighted by Gasteiger charge is -2.35. The Kier molecular flexibility index (Phi) is 7.89. The van der Waals surface area contributed by atoms with Gasteiger partial charge in [0.25, 0.3) is 0 Å². The van der Waals surface area contributed by atoms with Gasteiger partial charge in [-0.3, -0.25) is 9.59 Å². The van der Waals surface area contributed by atoms with Gasteiger partial charge in [-0.25, -0.2) is 4.98 Å². The molecule has 9 heteroatoms. The zero-order valence-corrected chi connectivity index (χ0v) is 17.8. The third kappa shape index (κ3) is 5.68. The van der Waals surface area contributed by atoms with Crippen LogP contribution in [0.25, 0.3) is 0 Å². The quantitative estimate of drug-likeness (QED) is 0.451. The smallest absolute Gasteiger partial charge is 0.249 e. The number of aromatic nitrogens is 1. The molecule has 2 aromatic rings. The second kappa shape index (κ2) is 11.0. The number of primary amides is 1. The molecule has 1 aliphatic rings. The van der Waals surface area contributed by atoms with E-state index in [0.29, 0.717) is 68.9 Å². The molecule has 9 nitrogen and oxygen atoms in total. The van der Waals surface area contributed by atoms with Crippen LogP contribution < -0.4 is 10.6 Å². The first-order valence-corrected chi connectivity index (χ1v) is 10.4. The van der Waals surface area contributed by atoms with E-state index in [4.69, 9.17) is 21.1 Å². The largest absolute Gasteiger partial charge is 0.381 e. The van der Waals surface area contributed by atoms with Gasteiger partial charge in [-0.15, -0.1) is 0 Å². The summed E-state index contributed by atoms with van der Waals surface area (Å²) in [6.45, 7) is 3.30. The average molecular weight is 435 g/mol. The van der Waals surface area contributed by atoms with Crippen LogP contribution in [-0.2, 0) is 16.0 Å². The van der Waals surface area contributed by atoms with Gasteiger partial charge in [0.15, 0.2) is 0 Å². The highest BCUT2D eigenvalue weighted by Crippen LogP contribution is 2.15. The summed E-state index contributed by atoms with van der Waals surface area (Å²) >= 11 is 0. The molecule has 1 aliphatic heterocycles. The number of anilines is 1. The van der Waals surface area contributed by atoms with Crippen molar-refractivity contribution in [2.75, 3.05) is 44.3 Å². The van der Waals surface area contributed by atoms with Crippen LogP contribution in [0.4, 0.5) is 5.82 Å². The molecule has 0 unspecified atom stereocenters. The van der Waals surface area contributed by atoms with E-state index in [2.05, 4.69) is 16.0 Å². The molecule has 1 aromatic carbocycles. The molecule has 0 atom stereocenters. The predicted molar refractivity (Wildman–Crippen MR) is 120 cm³/mol. The molecule has 3 rings (SSSR count). The minimum Gasteiger partial charge on any atom is -0.381 e. The molecule has 0 spiro atoms. The van der Waals surface area contributed by atoms with E-state index in [1.807, 2.05) is 17.0 Å². The molecular weight excluding hydrogens is 408 g/mol. The van der Waals surface area contributed by atoms with Crippen LogP contribution in [0, 0.1) is 16.7 Å². The van der Waals surface area contributed by atoms with Crippen molar-refractivity contribution >= 4 is 23.8 Å². The summed E-state index contributed by atoms with van der Waals surface area (Å²) in [5.74, 6) is 0.296. The third-order valence-electron chi connectivity index (χ3n) is 5.42. The average Bonchev–Trinajstić information content (AvgIpc) is 2.83. The van der Waals surface area contributed by atoms with E-state index in [1.54, 1.807) is 24.4 Å². The number of nitriles is 1. The summed E-state index contributed by atoms with van der Waals surface area (Å²) in [7, 11) is 0. The molecule has 166 valence electrons. The molecule has 32 heavy (non-hydrogen) atoms. The van der Waals surface area contributed by atoms with Gasteiger partial charge < -0.3 is 25.7 Å². The molecule has 1 fully saturated rings. The van der Waals surface area contributed by atoms with Crippen LogP contribution in [0.1, 0.15) is 33.5 Å². The first kappa shape index (κ1) is 22.9. The van der Waals surface area contributed by atoms with Gasteiger partial charge in [-0.05, 0) is 30.2 Å². The molecule has 0 radical (unpaired) electrons. The van der Waals surface area contributed by atoms with Crippen molar-refractivity contribution < 1.29 is 14.3 Å². The topological polar surface area (TPSA) is 136 Å². The van der Waals surface area contributed by atoms with E-state index in [9.17, 15) is 9.59 Å². The van der Waals surface area contributed by atoms with Crippen molar-refractivity contribution in [1.29, 1.82) is 10.7 Å². The zero-order valence-electron chi connectivity index (χ0n) is 17.8. The second-order valence-electron chi connectivity index (χ2n) is 7.38. The lowest BCUT2D eigenvalue weighted by Crippen LogP contribution is -2.49. The summed E-state index contributed by atoms with van der Waals surface area (Å²) in [6, 6.07) is 10.8. The van der Waals surface area contributed by atoms with Crippen LogP contribution >= 0.6 is 0 Å². The molecular formula is C23H26N6O3. The van der Waals surface area contributed by atoms with Gasteiger partial charge in [-0.2, -0.15) is 5.26 Å². The van der Waals surface area contributed by atoms with Crippen LogP contribution in [-0.4, -0.2) is 67.3 Å². The third-order valence-corrected chi connectivity index (χ3v) is 5.42. The Morgan fingerprint density at radius 3 is 2.59 bits per heavy atom. The standard InChI is InChI=1S/C23H26N6O3/c24-14-17-4-5-21(27-16-17)28-8-10-29(11-9-28)22(30)7-13-32-12-6-18-2-1-3-19(23(26)31)20(18)15-25/h1-5,15-16,25H,6-13H2,(H2,26,31). The van der Waals surface area contributed by atoms with Crippen LogP contribution in [0.15, 0.2) is 36.5 Å². The maximum absolute atomic E-state index is 12.5. The van der Waals surface area contributed by atoms with E-state index in [0.717, 1.165) is 17.6 Å². The lowest BCUT2D eigenvalue weighted by atomic mass is 9.99. The maximum atomic E-state index is 12.5. The predicted octanol–water partition coefficient (Wildman–Crippen LogP) is 1.35. The van der Waals surface area contributed by atoms with Gasteiger partial charge >= 0.3 is 0 Å². The minimum absolute atomic E-state index is 0.0494. The second-order valence-corrected chi connectivity index (χ2v) is 7.38. The van der Waals surface area contributed by atoms with Crippen LogP contribution in [0.5, 0.6) is 0 Å². The summed E-state index contributed by atoms with van der Waals surface area (Å²) in [5, 5.41) is 16.4. The Labute approximate surface area is 186 Å². The fourth-order valence-corrected chi connectivity index (χ4v) is 3.64. The SMILES string of the molecule is N#Cc1ccc(N2CCN(C(=O)CCOCCc3cccc(C(N)=O)c3C=N)CC2)nc1. The van der Waals surface area contributed by atoms with Gasteiger partial charge in [-0.1, -0.05) is 12.1 Å². The normalized spacial score (nSPS) is 13.5. The summed E-state index contributed by atoms with van der Waals surface area (Å²) < 4.78 is 5.63. The first-order chi connectivity index (χ1) is 15.5. The van der Waals surface area contributed by atoms with Gasteiger partial charge in [0, 0.05) is 49.7 Å². The summed E-state index contributed by atoms with van der Waals surface area (Å²) in [5.41, 5.74) is 7.53. The Morgan fingerprint density at radius 1 is 1.19 bits per heavy atom. The first-order valence-electron chi connectivity index (χ1n) is 10.4. The van der Waals surface area contributed by atoms with Crippen molar-refractivity contribution in [2.24, 2.45) is 5.73 Å². The Balaban J connectivity index is 1.39. The molecule has 1 aromatic heterocycles. The Morgan fingerprint density at radius 2 is 1.97 bits per heavy atom. The van der Waals surface area contributed by atoms with Crippen LogP contribution in [0.2, 0.25) is 0 Å². The number of carbonyl (C=O) groups excluding carboxylic acids is 2. The van der Waals surface area contributed by atoms with Crippen molar-refractivity contribution in [3.63, 3.8) is 0 Å². The molecule has 2 amide bonds. The lowest BCUT2D eigenvalue weighted by molar-refractivity contribution is -0.132. The number of hydrogen-bond donors (Lipinski definition) is 2. The van der Waals surface area contributed by atoms with E-state index < -0.39 is 5.91 Å². The summed E-state index contributed by atoms with van der Waals surface area (Å²) in [4.78, 5) is 32.2. The Bertz CT molecular complexity index is 1010. The van der Waals surface area contributed by atoms with Crippen LogP contribution in [0.3, 0.4) is 0 Å². The molecule has 0 aliphatic carbocycles. The number of ether oxygens (including phenoxy) is 1. The van der Waals surface area contributed by atoms with Gasteiger partial charge in [0.2, 0.25) is 11.8 Å². The molecule has 2 heterocycles. The number of benzene rings is 1. The molecule has 0 bridgehead atoms. The van der Waals surface area contributed by atoms with E-state index in [1.165, 1.54) is 0 Å². The highest BCUT2D eigenvalue weighted by atomic mass is 16.5. The van der Waals surface area contributed by atoms with E-state index >= 15 is 0 Å². The number of pyridine rings is 1.